The number of rotatable bonds is 3. The van der Waals surface area contributed by atoms with Crippen LogP contribution >= 0.6 is 22.9 Å². The Labute approximate surface area is 135 Å². The highest BCUT2D eigenvalue weighted by Gasteiger charge is 2.16. The van der Waals surface area contributed by atoms with Gasteiger partial charge >= 0.3 is 0 Å². The molecule has 0 saturated heterocycles. The van der Waals surface area contributed by atoms with Crippen molar-refractivity contribution in [3.05, 3.63) is 51.8 Å². The number of nitrogens with zero attached hydrogens (tertiary/aromatic N) is 2. The van der Waals surface area contributed by atoms with Crippen molar-refractivity contribution in [3.8, 4) is 10.4 Å². The van der Waals surface area contributed by atoms with E-state index in [4.69, 9.17) is 16.1 Å². The maximum absolute atomic E-state index is 12.2. The highest BCUT2D eigenvalue weighted by molar-refractivity contribution is 7.17. The number of hydrogen-bond acceptors (Lipinski definition) is 5. The second-order valence-electron chi connectivity index (χ2n) is 4.68. The first-order valence-electron chi connectivity index (χ1n) is 6.50. The monoisotopic (exact) mass is 333 g/mol. The summed E-state index contributed by atoms with van der Waals surface area (Å²) in [6, 6.07) is 7.00. The smallest absolute Gasteiger partial charge is 0.266 e. The minimum absolute atomic E-state index is 0.210. The number of thiophene rings is 1. The lowest BCUT2D eigenvalue weighted by atomic mass is 10.2. The second kappa shape index (κ2) is 5.90. The van der Waals surface area contributed by atoms with Crippen molar-refractivity contribution in [2.75, 3.05) is 5.32 Å². The Morgan fingerprint density at radius 1 is 1.27 bits per heavy atom. The predicted octanol–water partition coefficient (Wildman–Crippen LogP) is 4.32. The van der Waals surface area contributed by atoms with Gasteiger partial charge in [0.25, 0.3) is 5.91 Å². The fourth-order valence-corrected chi connectivity index (χ4v) is 3.21. The molecule has 112 valence electrons. The van der Waals surface area contributed by atoms with Gasteiger partial charge in [-0.05, 0) is 38.1 Å². The summed E-state index contributed by atoms with van der Waals surface area (Å²) in [7, 11) is 0. The first-order chi connectivity index (χ1) is 10.5. The molecule has 0 saturated carbocycles. The molecule has 0 aliphatic rings. The molecular weight excluding hydrogens is 322 g/mol. The first kappa shape index (κ1) is 14.7. The Hall–Kier alpha value is -2.18. The largest absolute Gasteiger partial charge is 0.361 e. The molecule has 0 bridgehead atoms. The van der Waals surface area contributed by atoms with Crippen LogP contribution in [0.4, 0.5) is 5.82 Å². The van der Waals surface area contributed by atoms with Crippen LogP contribution in [-0.2, 0) is 0 Å². The maximum atomic E-state index is 12.2. The van der Waals surface area contributed by atoms with E-state index in [-0.39, 0.29) is 5.91 Å². The van der Waals surface area contributed by atoms with E-state index in [1.807, 2.05) is 19.9 Å². The van der Waals surface area contributed by atoms with E-state index in [9.17, 15) is 4.79 Å². The van der Waals surface area contributed by atoms with E-state index in [0.29, 0.717) is 15.7 Å². The fraction of sp³-hybridized carbons (Fsp3) is 0.133. The fourth-order valence-electron chi connectivity index (χ4n) is 2.06. The van der Waals surface area contributed by atoms with Crippen LogP contribution < -0.4 is 5.32 Å². The molecular formula is C15H12ClN3O2S. The van der Waals surface area contributed by atoms with Crippen LogP contribution in [0, 0.1) is 13.8 Å². The molecule has 1 N–H and O–H groups in total. The van der Waals surface area contributed by atoms with Crippen LogP contribution in [0.1, 0.15) is 21.1 Å². The van der Waals surface area contributed by atoms with Gasteiger partial charge in [0.15, 0.2) is 0 Å². The minimum Gasteiger partial charge on any atom is -0.361 e. The van der Waals surface area contributed by atoms with E-state index in [1.165, 1.54) is 17.5 Å². The number of pyridine rings is 1. The summed E-state index contributed by atoms with van der Waals surface area (Å²) in [6.07, 6.45) is 1.49. The number of carbonyl (C=O) groups is 1. The molecule has 5 nitrogen and oxygen atoms in total. The van der Waals surface area contributed by atoms with Gasteiger partial charge in [-0.15, -0.1) is 11.3 Å². The quantitative estimate of drug-likeness (QED) is 0.775. The molecule has 0 aliphatic heterocycles. The van der Waals surface area contributed by atoms with Gasteiger partial charge in [0, 0.05) is 11.1 Å². The molecule has 0 fully saturated rings. The average molecular weight is 334 g/mol. The normalized spacial score (nSPS) is 10.7. The molecule has 3 aromatic heterocycles. The van der Waals surface area contributed by atoms with E-state index >= 15 is 0 Å². The molecule has 1 amide bonds. The van der Waals surface area contributed by atoms with Crippen LogP contribution in [0.25, 0.3) is 10.4 Å². The van der Waals surface area contributed by atoms with Crippen LogP contribution in [0.5, 0.6) is 0 Å². The summed E-state index contributed by atoms with van der Waals surface area (Å²) in [6.45, 7) is 3.73. The summed E-state index contributed by atoms with van der Waals surface area (Å²) in [5.41, 5.74) is 1.75. The van der Waals surface area contributed by atoms with Crippen molar-refractivity contribution in [1.29, 1.82) is 0 Å². The minimum atomic E-state index is -0.210. The van der Waals surface area contributed by atoms with Crippen LogP contribution in [-0.4, -0.2) is 16.0 Å². The van der Waals surface area contributed by atoms with Crippen molar-refractivity contribution in [3.63, 3.8) is 0 Å². The maximum Gasteiger partial charge on any atom is 0.266 e. The van der Waals surface area contributed by atoms with Crippen molar-refractivity contribution in [2.24, 2.45) is 0 Å². The molecule has 0 radical (unpaired) electrons. The second-order valence-corrected chi connectivity index (χ2v) is 6.20. The lowest BCUT2D eigenvalue weighted by Gasteiger charge is -2.02. The zero-order valence-corrected chi connectivity index (χ0v) is 13.5. The number of nitrogens with one attached hydrogen (secondary N) is 1. The zero-order chi connectivity index (χ0) is 15.7. The molecule has 22 heavy (non-hydrogen) atoms. The molecule has 0 aliphatic carbocycles. The van der Waals surface area contributed by atoms with Crippen LogP contribution in [0.15, 0.2) is 35.0 Å². The molecule has 7 heteroatoms. The number of halogens is 1. The van der Waals surface area contributed by atoms with E-state index < -0.39 is 0 Å². The SMILES string of the molecule is Cc1noc(C)c1-c1ccc(C(=O)Nc2ccc(Cl)cn2)s1. The predicted molar refractivity (Wildman–Crippen MR) is 86.5 cm³/mol. The van der Waals surface area contributed by atoms with E-state index in [2.05, 4.69) is 15.5 Å². The molecule has 3 aromatic rings. The highest BCUT2D eigenvalue weighted by atomic mass is 35.5. The van der Waals surface area contributed by atoms with Gasteiger partial charge in [-0.25, -0.2) is 4.98 Å². The average Bonchev–Trinajstić information content (AvgIpc) is 3.08. The Kier molecular flexibility index (Phi) is 3.96. The molecule has 3 rings (SSSR count). The van der Waals surface area contributed by atoms with Crippen LogP contribution in [0.3, 0.4) is 0 Å². The van der Waals surface area contributed by atoms with Crippen molar-refractivity contribution in [1.82, 2.24) is 10.1 Å². The number of anilines is 1. The van der Waals surface area contributed by atoms with Gasteiger partial charge in [0.2, 0.25) is 0 Å². The summed E-state index contributed by atoms with van der Waals surface area (Å²) < 4.78 is 5.16. The van der Waals surface area contributed by atoms with Gasteiger partial charge in [0.05, 0.1) is 21.2 Å². The Bertz CT molecular complexity index is 804. The summed E-state index contributed by atoms with van der Waals surface area (Å²) in [4.78, 5) is 17.8. The third-order valence-electron chi connectivity index (χ3n) is 3.08. The topological polar surface area (TPSA) is 68.0 Å². The van der Waals surface area contributed by atoms with Gasteiger partial charge in [0.1, 0.15) is 11.6 Å². The van der Waals surface area contributed by atoms with Crippen molar-refractivity contribution >= 4 is 34.7 Å². The van der Waals surface area contributed by atoms with Crippen molar-refractivity contribution < 1.29 is 9.32 Å². The Balaban J connectivity index is 1.81. The lowest BCUT2D eigenvalue weighted by molar-refractivity contribution is 0.103. The van der Waals surface area contributed by atoms with Crippen LogP contribution in [0.2, 0.25) is 5.02 Å². The Morgan fingerprint density at radius 3 is 2.73 bits per heavy atom. The van der Waals surface area contributed by atoms with Gasteiger partial charge in [-0.1, -0.05) is 16.8 Å². The number of carbonyl (C=O) groups excluding carboxylic acids is 1. The van der Waals surface area contributed by atoms with E-state index in [0.717, 1.165) is 21.9 Å². The molecule has 3 heterocycles. The standard InChI is InChI=1S/C15H12ClN3O2S/c1-8-14(9(2)21-19-8)11-4-5-12(22-11)15(20)18-13-6-3-10(16)7-17-13/h3-7H,1-2H3,(H,17,18,20). The molecule has 0 unspecified atom stereocenters. The molecule has 0 aromatic carbocycles. The summed E-state index contributed by atoms with van der Waals surface area (Å²) in [5.74, 6) is 0.991. The first-order valence-corrected chi connectivity index (χ1v) is 7.70. The van der Waals surface area contributed by atoms with Crippen molar-refractivity contribution in [2.45, 2.75) is 13.8 Å². The van der Waals surface area contributed by atoms with Gasteiger partial charge in [-0.3, -0.25) is 4.79 Å². The van der Waals surface area contributed by atoms with Gasteiger partial charge in [-0.2, -0.15) is 0 Å². The molecule has 0 spiro atoms. The highest BCUT2D eigenvalue weighted by Crippen LogP contribution is 2.33. The lowest BCUT2D eigenvalue weighted by Crippen LogP contribution is -2.10. The number of amides is 1. The van der Waals surface area contributed by atoms with Gasteiger partial charge < -0.3 is 9.84 Å². The Morgan fingerprint density at radius 2 is 2.09 bits per heavy atom. The number of aromatic nitrogens is 2. The summed E-state index contributed by atoms with van der Waals surface area (Å²) in [5, 5.41) is 7.19. The molecule has 0 atom stereocenters. The number of hydrogen-bond donors (Lipinski definition) is 1. The van der Waals surface area contributed by atoms with E-state index in [1.54, 1.807) is 18.2 Å². The third kappa shape index (κ3) is 2.88. The zero-order valence-electron chi connectivity index (χ0n) is 11.9. The number of aryl methyl sites for hydroxylation is 2. The third-order valence-corrected chi connectivity index (χ3v) is 4.40. The summed E-state index contributed by atoms with van der Waals surface area (Å²) >= 11 is 7.15.